The van der Waals surface area contributed by atoms with Crippen molar-refractivity contribution in [2.75, 3.05) is 50.8 Å². The number of benzene rings is 1. The van der Waals surface area contributed by atoms with Crippen LogP contribution in [0.5, 0.6) is 5.75 Å². The molecule has 0 spiro atoms. The van der Waals surface area contributed by atoms with Gasteiger partial charge in [-0.1, -0.05) is 6.42 Å². The Morgan fingerprint density at radius 3 is 2.66 bits per heavy atom. The third kappa shape index (κ3) is 6.17. The van der Waals surface area contributed by atoms with E-state index < -0.39 is 5.60 Å². The summed E-state index contributed by atoms with van der Waals surface area (Å²) in [6, 6.07) is 7.19. The highest BCUT2D eigenvalue weighted by molar-refractivity contribution is 5.94. The van der Waals surface area contributed by atoms with Gasteiger partial charge in [0, 0.05) is 44.1 Å². The van der Waals surface area contributed by atoms with Gasteiger partial charge in [0.05, 0.1) is 11.8 Å². The van der Waals surface area contributed by atoms with Crippen molar-refractivity contribution in [1.82, 2.24) is 20.2 Å². The first kappa shape index (κ1) is 22.5. The minimum Gasteiger partial charge on any atom is -0.492 e. The fourth-order valence-corrected chi connectivity index (χ4v) is 4.43. The van der Waals surface area contributed by atoms with Crippen molar-refractivity contribution in [3.63, 3.8) is 0 Å². The summed E-state index contributed by atoms with van der Waals surface area (Å²) in [5, 5.41) is 13.9. The maximum atomic E-state index is 12.6. The second-order valence-electron chi connectivity index (χ2n) is 8.77. The third-order valence-corrected chi connectivity index (χ3v) is 6.25. The summed E-state index contributed by atoms with van der Waals surface area (Å²) in [6.45, 7) is 5.32. The highest BCUT2D eigenvalue weighted by Crippen LogP contribution is 2.24. The predicted octanol–water partition coefficient (Wildman–Crippen LogP) is 2.10. The van der Waals surface area contributed by atoms with E-state index in [1.807, 2.05) is 17.0 Å². The number of piperidine rings is 2. The maximum Gasteiger partial charge on any atom is 0.251 e. The number of nitrogens with zero attached hydrogens (tertiary/aromatic N) is 4. The first-order valence-electron chi connectivity index (χ1n) is 11.6. The number of aliphatic hydroxyl groups is 1. The molecule has 32 heavy (non-hydrogen) atoms. The van der Waals surface area contributed by atoms with Crippen LogP contribution in [-0.2, 0) is 0 Å². The van der Waals surface area contributed by atoms with Gasteiger partial charge in [0.2, 0.25) is 0 Å². The van der Waals surface area contributed by atoms with Gasteiger partial charge in [-0.15, -0.1) is 0 Å². The van der Waals surface area contributed by atoms with Crippen LogP contribution in [-0.4, -0.2) is 77.4 Å². The van der Waals surface area contributed by atoms with Crippen molar-refractivity contribution in [2.24, 2.45) is 0 Å². The summed E-state index contributed by atoms with van der Waals surface area (Å²) in [5.41, 5.74) is -0.443. The first-order chi connectivity index (χ1) is 15.6. The molecule has 0 aliphatic carbocycles. The van der Waals surface area contributed by atoms with Gasteiger partial charge in [-0.2, -0.15) is 0 Å². The van der Waals surface area contributed by atoms with Gasteiger partial charge in [-0.25, -0.2) is 4.98 Å². The summed E-state index contributed by atoms with van der Waals surface area (Å²) in [6.07, 6.45) is 10.3. The number of nitrogens with one attached hydrogen (secondary N) is 1. The quantitative estimate of drug-likeness (QED) is 0.651. The average Bonchev–Trinajstić information content (AvgIpc) is 2.84. The van der Waals surface area contributed by atoms with Gasteiger partial charge in [0.15, 0.2) is 0 Å². The highest BCUT2D eigenvalue weighted by atomic mass is 16.5. The second kappa shape index (κ2) is 10.7. The van der Waals surface area contributed by atoms with E-state index in [-0.39, 0.29) is 12.5 Å². The van der Waals surface area contributed by atoms with Crippen molar-refractivity contribution in [2.45, 2.75) is 37.7 Å². The van der Waals surface area contributed by atoms with Crippen LogP contribution in [0.25, 0.3) is 0 Å². The molecule has 0 unspecified atom stereocenters. The van der Waals surface area contributed by atoms with Gasteiger partial charge in [-0.05, 0) is 63.0 Å². The van der Waals surface area contributed by atoms with Crippen LogP contribution in [0.15, 0.2) is 42.9 Å². The van der Waals surface area contributed by atoms with E-state index in [2.05, 4.69) is 20.2 Å². The van der Waals surface area contributed by atoms with Crippen molar-refractivity contribution in [3.8, 4) is 5.75 Å². The molecule has 3 heterocycles. The molecule has 2 aromatic rings. The topological polar surface area (TPSA) is 90.8 Å². The Morgan fingerprint density at radius 2 is 1.91 bits per heavy atom. The zero-order valence-corrected chi connectivity index (χ0v) is 18.6. The van der Waals surface area contributed by atoms with Crippen molar-refractivity contribution >= 4 is 11.7 Å². The van der Waals surface area contributed by atoms with E-state index in [1.165, 1.54) is 19.3 Å². The Labute approximate surface area is 189 Å². The molecule has 172 valence electrons. The number of carbonyl (C=O) groups excluding carboxylic acids is 1. The summed E-state index contributed by atoms with van der Waals surface area (Å²) in [4.78, 5) is 25.5. The van der Waals surface area contributed by atoms with Crippen LogP contribution in [0, 0.1) is 0 Å². The summed E-state index contributed by atoms with van der Waals surface area (Å²) >= 11 is 0. The second-order valence-corrected chi connectivity index (χ2v) is 8.77. The Kier molecular flexibility index (Phi) is 7.55. The van der Waals surface area contributed by atoms with Gasteiger partial charge in [0.25, 0.3) is 5.91 Å². The molecule has 8 heteroatoms. The van der Waals surface area contributed by atoms with Crippen LogP contribution >= 0.6 is 0 Å². The van der Waals surface area contributed by atoms with E-state index in [4.69, 9.17) is 4.74 Å². The number of anilines is 1. The molecule has 1 aromatic heterocycles. The van der Waals surface area contributed by atoms with Crippen LogP contribution in [0.4, 0.5) is 5.82 Å². The molecule has 8 nitrogen and oxygen atoms in total. The number of amides is 1. The number of ether oxygens (including phenoxy) is 1. The van der Waals surface area contributed by atoms with E-state index in [0.29, 0.717) is 25.1 Å². The monoisotopic (exact) mass is 439 g/mol. The van der Waals surface area contributed by atoms with E-state index in [9.17, 15) is 9.90 Å². The predicted molar refractivity (Wildman–Crippen MR) is 123 cm³/mol. The number of β-amino-alcohol motifs (C(OH)–C–C–N with tert-alkyl or cyclic N) is 1. The maximum absolute atomic E-state index is 12.6. The Hall–Kier alpha value is -2.71. The number of carbonyl (C=O) groups is 1. The van der Waals surface area contributed by atoms with Gasteiger partial charge in [0.1, 0.15) is 18.2 Å². The van der Waals surface area contributed by atoms with Crippen molar-refractivity contribution < 1.29 is 14.6 Å². The van der Waals surface area contributed by atoms with Gasteiger partial charge in [-0.3, -0.25) is 14.7 Å². The van der Waals surface area contributed by atoms with Crippen molar-refractivity contribution in [3.05, 3.63) is 48.4 Å². The van der Waals surface area contributed by atoms with Crippen LogP contribution in [0.2, 0.25) is 0 Å². The lowest BCUT2D eigenvalue weighted by Crippen LogP contribution is -2.54. The lowest BCUT2D eigenvalue weighted by atomic mass is 9.92. The minimum atomic E-state index is -0.997. The Balaban J connectivity index is 1.23. The summed E-state index contributed by atoms with van der Waals surface area (Å²) < 4.78 is 5.84. The SMILES string of the molecule is O=C(NC[C@@]1(O)CCCN(c2cnccn2)C1)c1ccc(OCCN2CCCCC2)cc1. The van der Waals surface area contributed by atoms with E-state index in [1.54, 1.807) is 30.7 Å². The zero-order chi connectivity index (χ0) is 22.2. The van der Waals surface area contributed by atoms with Crippen LogP contribution in [0.3, 0.4) is 0 Å². The Morgan fingerprint density at radius 1 is 1.09 bits per heavy atom. The van der Waals surface area contributed by atoms with Gasteiger partial charge < -0.3 is 20.1 Å². The summed E-state index contributed by atoms with van der Waals surface area (Å²) in [5.74, 6) is 1.31. The van der Waals surface area contributed by atoms with E-state index >= 15 is 0 Å². The molecule has 1 amide bonds. The molecule has 4 rings (SSSR count). The molecule has 2 fully saturated rings. The fraction of sp³-hybridized carbons (Fsp3) is 0.542. The highest BCUT2D eigenvalue weighted by Gasteiger charge is 2.34. The van der Waals surface area contributed by atoms with Gasteiger partial charge >= 0.3 is 0 Å². The van der Waals surface area contributed by atoms with Crippen LogP contribution < -0.4 is 15.0 Å². The number of likely N-dealkylation sites (tertiary alicyclic amines) is 1. The number of hydrogen-bond acceptors (Lipinski definition) is 7. The number of hydrogen-bond donors (Lipinski definition) is 2. The molecular formula is C24H33N5O3. The largest absolute Gasteiger partial charge is 0.492 e. The standard InChI is InChI=1S/C24H33N5O3/c30-23(20-5-7-21(8-6-20)32-16-15-28-12-2-1-3-13-28)27-18-24(31)9-4-14-29(19-24)22-17-25-10-11-26-22/h5-8,10-11,17,31H,1-4,9,12-16,18-19H2,(H,27,30)/t24-/m0/s1. The number of aromatic nitrogens is 2. The first-order valence-corrected chi connectivity index (χ1v) is 11.6. The summed E-state index contributed by atoms with van der Waals surface area (Å²) in [7, 11) is 0. The fourth-order valence-electron chi connectivity index (χ4n) is 4.43. The lowest BCUT2D eigenvalue weighted by Gasteiger charge is -2.39. The third-order valence-electron chi connectivity index (χ3n) is 6.25. The molecule has 1 atom stereocenters. The molecule has 0 saturated carbocycles. The van der Waals surface area contributed by atoms with E-state index in [0.717, 1.165) is 44.2 Å². The molecular weight excluding hydrogens is 406 g/mol. The molecule has 2 aliphatic rings. The number of rotatable bonds is 8. The molecule has 0 radical (unpaired) electrons. The minimum absolute atomic E-state index is 0.191. The molecule has 0 bridgehead atoms. The normalized spacial score (nSPS) is 21.8. The zero-order valence-electron chi connectivity index (χ0n) is 18.6. The lowest BCUT2D eigenvalue weighted by molar-refractivity contribution is 0.0254. The smallest absolute Gasteiger partial charge is 0.251 e. The van der Waals surface area contributed by atoms with Crippen molar-refractivity contribution in [1.29, 1.82) is 0 Å². The van der Waals surface area contributed by atoms with Crippen LogP contribution in [0.1, 0.15) is 42.5 Å². The average molecular weight is 440 g/mol. The Bertz CT molecular complexity index is 858. The molecule has 2 N–H and O–H groups in total. The molecule has 2 aliphatic heterocycles. The molecule has 2 saturated heterocycles. The molecule has 1 aromatic carbocycles.